The summed E-state index contributed by atoms with van der Waals surface area (Å²) in [4.78, 5) is 2.50. The van der Waals surface area contributed by atoms with E-state index < -0.39 is 0 Å². The first-order valence-corrected chi connectivity index (χ1v) is 6.51. The summed E-state index contributed by atoms with van der Waals surface area (Å²) >= 11 is 0. The van der Waals surface area contributed by atoms with Crippen molar-refractivity contribution in [3.05, 3.63) is 29.8 Å². The van der Waals surface area contributed by atoms with Crippen molar-refractivity contribution >= 4 is 0 Å². The number of phenols is 1. The van der Waals surface area contributed by atoms with E-state index in [1.54, 1.807) is 12.1 Å². The Labute approximate surface area is 103 Å². The third kappa shape index (κ3) is 3.72. The molecule has 1 aliphatic heterocycles. The number of aromatic hydroxyl groups is 1. The van der Waals surface area contributed by atoms with Crippen LogP contribution in [0.3, 0.4) is 0 Å². The molecular formula is C14H22N2O. The molecule has 1 aromatic rings. The van der Waals surface area contributed by atoms with Crippen LogP contribution in [0.15, 0.2) is 24.3 Å². The monoisotopic (exact) mass is 234 g/mol. The summed E-state index contributed by atoms with van der Waals surface area (Å²) in [6.07, 6.45) is 2.40. The first-order valence-electron chi connectivity index (χ1n) is 6.51. The van der Waals surface area contributed by atoms with E-state index in [0.717, 1.165) is 26.2 Å². The fourth-order valence-corrected chi connectivity index (χ4v) is 2.35. The second-order valence-electron chi connectivity index (χ2n) is 4.81. The molecular weight excluding hydrogens is 212 g/mol. The van der Waals surface area contributed by atoms with E-state index in [-0.39, 0.29) is 0 Å². The van der Waals surface area contributed by atoms with Gasteiger partial charge in [0.15, 0.2) is 0 Å². The van der Waals surface area contributed by atoms with E-state index in [2.05, 4.69) is 17.1 Å². The Morgan fingerprint density at radius 1 is 1.35 bits per heavy atom. The first kappa shape index (κ1) is 12.4. The zero-order chi connectivity index (χ0) is 12.1. The molecule has 2 rings (SSSR count). The fraction of sp³-hybridized carbons (Fsp3) is 0.571. The molecule has 1 heterocycles. The molecule has 2 N–H and O–H groups in total. The molecule has 0 aliphatic carbocycles. The molecule has 0 radical (unpaired) electrons. The quantitative estimate of drug-likeness (QED) is 0.839. The molecule has 1 saturated heterocycles. The van der Waals surface area contributed by atoms with Gasteiger partial charge in [0, 0.05) is 19.1 Å². The van der Waals surface area contributed by atoms with Crippen molar-refractivity contribution in [3.63, 3.8) is 0 Å². The van der Waals surface area contributed by atoms with Crippen molar-refractivity contribution in [1.29, 1.82) is 0 Å². The lowest BCUT2D eigenvalue weighted by Gasteiger charge is -2.23. The topological polar surface area (TPSA) is 35.5 Å². The predicted octanol–water partition coefficient (Wildman–Crippen LogP) is 1.97. The fourth-order valence-electron chi connectivity index (χ4n) is 2.35. The van der Waals surface area contributed by atoms with Gasteiger partial charge in [-0.1, -0.05) is 19.1 Å². The van der Waals surface area contributed by atoms with Crippen molar-refractivity contribution < 1.29 is 5.11 Å². The van der Waals surface area contributed by atoms with Crippen molar-refractivity contribution in [2.45, 2.75) is 32.4 Å². The molecule has 1 unspecified atom stereocenters. The normalized spacial score (nSPS) is 22.3. The summed E-state index contributed by atoms with van der Waals surface area (Å²) in [6.45, 7) is 6.63. The maximum absolute atomic E-state index is 9.26. The zero-order valence-electron chi connectivity index (χ0n) is 10.5. The standard InChI is InChI=1S/C14H22N2O/c1-2-13-11-16(9-3-8-15-13)10-12-4-6-14(17)7-5-12/h4-7,13,15,17H,2-3,8-11H2,1H3. The molecule has 0 aromatic heterocycles. The largest absolute Gasteiger partial charge is 0.508 e. The van der Waals surface area contributed by atoms with Gasteiger partial charge in [0.25, 0.3) is 0 Å². The summed E-state index contributed by atoms with van der Waals surface area (Å²) in [5.74, 6) is 0.345. The van der Waals surface area contributed by atoms with Crippen LogP contribution < -0.4 is 5.32 Å². The highest BCUT2D eigenvalue weighted by atomic mass is 16.3. The van der Waals surface area contributed by atoms with Gasteiger partial charge in [-0.15, -0.1) is 0 Å². The Balaban J connectivity index is 1.94. The third-order valence-corrected chi connectivity index (χ3v) is 3.40. The zero-order valence-corrected chi connectivity index (χ0v) is 10.5. The lowest BCUT2D eigenvalue weighted by Crippen LogP contribution is -2.36. The first-order chi connectivity index (χ1) is 8.28. The number of phenolic OH excluding ortho intramolecular Hbond substituents is 1. The van der Waals surface area contributed by atoms with E-state index in [9.17, 15) is 5.11 Å². The molecule has 0 amide bonds. The Bertz CT molecular complexity index is 337. The number of hydrogen-bond donors (Lipinski definition) is 2. The van der Waals surface area contributed by atoms with Crippen LogP contribution >= 0.6 is 0 Å². The molecule has 17 heavy (non-hydrogen) atoms. The van der Waals surface area contributed by atoms with Crippen LogP contribution in [0.5, 0.6) is 5.75 Å². The average Bonchev–Trinajstić information content (AvgIpc) is 2.57. The second-order valence-corrected chi connectivity index (χ2v) is 4.81. The van der Waals surface area contributed by atoms with Gasteiger partial charge in [-0.3, -0.25) is 4.90 Å². The van der Waals surface area contributed by atoms with Crippen molar-refractivity contribution in [3.8, 4) is 5.75 Å². The minimum Gasteiger partial charge on any atom is -0.508 e. The van der Waals surface area contributed by atoms with Gasteiger partial charge < -0.3 is 10.4 Å². The molecule has 0 saturated carbocycles. The SMILES string of the molecule is CCC1CN(Cc2ccc(O)cc2)CCCN1. The summed E-state index contributed by atoms with van der Waals surface area (Å²) in [7, 11) is 0. The molecule has 1 atom stereocenters. The van der Waals surface area contributed by atoms with Crippen molar-refractivity contribution in [2.75, 3.05) is 19.6 Å². The van der Waals surface area contributed by atoms with Crippen molar-refractivity contribution in [1.82, 2.24) is 10.2 Å². The summed E-state index contributed by atoms with van der Waals surface area (Å²) in [6, 6.07) is 8.17. The van der Waals surface area contributed by atoms with E-state index in [4.69, 9.17) is 0 Å². The maximum Gasteiger partial charge on any atom is 0.115 e. The van der Waals surface area contributed by atoms with Crippen molar-refractivity contribution in [2.24, 2.45) is 0 Å². The maximum atomic E-state index is 9.26. The predicted molar refractivity (Wildman–Crippen MR) is 70.1 cm³/mol. The molecule has 3 nitrogen and oxygen atoms in total. The molecule has 0 bridgehead atoms. The van der Waals surface area contributed by atoms with Gasteiger partial charge in [0.2, 0.25) is 0 Å². The Kier molecular flexibility index (Phi) is 4.40. The number of nitrogens with one attached hydrogen (secondary N) is 1. The molecule has 1 aromatic carbocycles. The number of benzene rings is 1. The van der Waals surface area contributed by atoms with E-state index in [1.807, 2.05) is 12.1 Å². The van der Waals surface area contributed by atoms with Crippen LogP contribution in [0.4, 0.5) is 0 Å². The van der Waals surface area contributed by atoms with Gasteiger partial charge in [0.1, 0.15) is 5.75 Å². The lowest BCUT2D eigenvalue weighted by atomic mass is 10.1. The Morgan fingerprint density at radius 3 is 2.82 bits per heavy atom. The number of hydrogen-bond acceptors (Lipinski definition) is 3. The Hall–Kier alpha value is -1.06. The third-order valence-electron chi connectivity index (χ3n) is 3.40. The molecule has 1 fully saturated rings. The van der Waals surface area contributed by atoms with Gasteiger partial charge in [0.05, 0.1) is 0 Å². The highest BCUT2D eigenvalue weighted by Gasteiger charge is 2.15. The summed E-state index contributed by atoms with van der Waals surface area (Å²) < 4.78 is 0. The molecule has 1 aliphatic rings. The second kappa shape index (κ2) is 6.03. The minimum absolute atomic E-state index is 0.345. The smallest absolute Gasteiger partial charge is 0.115 e. The summed E-state index contributed by atoms with van der Waals surface area (Å²) in [5, 5.41) is 12.8. The van der Waals surface area contributed by atoms with Gasteiger partial charge in [-0.05, 0) is 43.6 Å². The van der Waals surface area contributed by atoms with E-state index in [0.29, 0.717) is 11.8 Å². The van der Waals surface area contributed by atoms with Gasteiger partial charge in [-0.25, -0.2) is 0 Å². The Morgan fingerprint density at radius 2 is 2.12 bits per heavy atom. The van der Waals surface area contributed by atoms with Gasteiger partial charge >= 0.3 is 0 Å². The van der Waals surface area contributed by atoms with E-state index >= 15 is 0 Å². The van der Waals surface area contributed by atoms with Crippen LogP contribution in [0.1, 0.15) is 25.3 Å². The molecule has 3 heteroatoms. The number of nitrogens with zero attached hydrogens (tertiary/aromatic N) is 1. The summed E-state index contributed by atoms with van der Waals surface area (Å²) in [5.41, 5.74) is 1.28. The van der Waals surface area contributed by atoms with Crippen LogP contribution in [0.25, 0.3) is 0 Å². The van der Waals surface area contributed by atoms with E-state index in [1.165, 1.54) is 18.4 Å². The van der Waals surface area contributed by atoms with Crippen LogP contribution in [0.2, 0.25) is 0 Å². The lowest BCUT2D eigenvalue weighted by molar-refractivity contribution is 0.257. The van der Waals surface area contributed by atoms with Crippen LogP contribution in [-0.4, -0.2) is 35.7 Å². The molecule has 0 spiro atoms. The highest BCUT2D eigenvalue weighted by Crippen LogP contribution is 2.13. The number of rotatable bonds is 3. The van der Waals surface area contributed by atoms with Gasteiger partial charge in [-0.2, -0.15) is 0 Å². The highest BCUT2D eigenvalue weighted by molar-refractivity contribution is 5.25. The van der Waals surface area contributed by atoms with Crippen LogP contribution in [0, 0.1) is 0 Å². The molecule has 94 valence electrons. The average molecular weight is 234 g/mol. The van der Waals surface area contributed by atoms with Crippen LogP contribution in [-0.2, 0) is 6.54 Å². The minimum atomic E-state index is 0.345.